The molecule has 0 saturated heterocycles. The van der Waals surface area contributed by atoms with Gasteiger partial charge in [-0.25, -0.2) is 0 Å². The average molecular weight is 212 g/mol. The van der Waals surface area contributed by atoms with Crippen molar-refractivity contribution in [3.8, 4) is 0 Å². The van der Waals surface area contributed by atoms with Crippen molar-refractivity contribution in [1.82, 2.24) is 4.98 Å². The number of nitrogens with one attached hydrogen (secondary N) is 1. The molecule has 0 aliphatic heterocycles. The van der Waals surface area contributed by atoms with Gasteiger partial charge in [0.05, 0.1) is 12.2 Å². The summed E-state index contributed by atoms with van der Waals surface area (Å²) < 4.78 is 0. The van der Waals surface area contributed by atoms with Gasteiger partial charge in [-0.15, -0.1) is 0 Å². The Morgan fingerprint density at radius 3 is 2.25 bits per heavy atom. The zero-order valence-corrected chi connectivity index (χ0v) is 9.70. The Balaban J connectivity index is 1.97. The second kappa shape index (κ2) is 4.79. The number of hydrogen-bond acceptors (Lipinski definition) is 2. The van der Waals surface area contributed by atoms with E-state index < -0.39 is 0 Å². The van der Waals surface area contributed by atoms with Crippen LogP contribution in [-0.2, 0) is 6.54 Å². The number of nitrogens with zero attached hydrogens (tertiary/aromatic N) is 1. The van der Waals surface area contributed by atoms with Gasteiger partial charge in [-0.1, -0.05) is 23.8 Å². The van der Waals surface area contributed by atoms with E-state index in [1.807, 2.05) is 13.1 Å². The molecule has 0 fully saturated rings. The SMILES string of the molecule is Cc1ccc(NCc2ccc(C)cn2)cc1. The van der Waals surface area contributed by atoms with Crippen LogP contribution >= 0.6 is 0 Å². The third kappa shape index (κ3) is 2.83. The predicted molar refractivity (Wildman–Crippen MR) is 67.5 cm³/mol. The van der Waals surface area contributed by atoms with Gasteiger partial charge in [0.25, 0.3) is 0 Å². The molecule has 2 aromatic rings. The fourth-order valence-electron chi connectivity index (χ4n) is 1.47. The number of anilines is 1. The van der Waals surface area contributed by atoms with Gasteiger partial charge < -0.3 is 5.32 Å². The normalized spacial score (nSPS) is 10.1. The van der Waals surface area contributed by atoms with Gasteiger partial charge in [-0.05, 0) is 37.6 Å². The molecule has 82 valence electrons. The molecule has 0 amide bonds. The van der Waals surface area contributed by atoms with E-state index in [1.54, 1.807) is 0 Å². The highest BCUT2D eigenvalue weighted by atomic mass is 14.9. The third-order valence-corrected chi connectivity index (χ3v) is 2.50. The standard InChI is InChI=1S/C14H16N2/c1-11-3-6-13(7-4-11)16-10-14-8-5-12(2)9-15-14/h3-9,16H,10H2,1-2H3. The molecule has 0 spiro atoms. The summed E-state index contributed by atoms with van der Waals surface area (Å²) in [5.41, 5.74) is 4.66. The molecule has 0 aliphatic carbocycles. The summed E-state index contributed by atoms with van der Waals surface area (Å²) in [7, 11) is 0. The minimum Gasteiger partial charge on any atom is -0.379 e. The van der Waals surface area contributed by atoms with Crippen molar-refractivity contribution in [2.45, 2.75) is 20.4 Å². The average Bonchev–Trinajstić information content (AvgIpc) is 2.30. The molecule has 16 heavy (non-hydrogen) atoms. The molecule has 1 aromatic heterocycles. The van der Waals surface area contributed by atoms with Crippen LogP contribution in [0.2, 0.25) is 0 Å². The second-order valence-corrected chi connectivity index (χ2v) is 4.05. The minimum absolute atomic E-state index is 0.767. The number of aromatic nitrogens is 1. The largest absolute Gasteiger partial charge is 0.379 e. The highest BCUT2D eigenvalue weighted by Crippen LogP contribution is 2.09. The van der Waals surface area contributed by atoms with Crippen LogP contribution in [-0.4, -0.2) is 4.98 Å². The number of benzene rings is 1. The van der Waals surface area contributed by atoms with E-state index in [0.717, 1.165) is 17.9 Å². The zero-order valence-electron chi connectivity index (χ0n) is 9.70. The van der Waals surface area contributed by atoms with Gasteiger partial charge in [0.2, 0.25) is 0 Å². The van der Waals surface area contributed by atoms with E-state index in [-0.39, 0.29) is 0 Å². The van der Waals surface area contributed by atoms with Crippen LogP contribution in [0.15, 0.2) is 42.6 Å². The molecule has 0 radical (unpaired) electrons. The first-order chi connectivity index (χ1) is 7.74. The number of hydrogen-bond donors (Lipinski definition) is 1. The molecule has 0 atom stereocenters. The molecule has 1 heterocycles. The van der Waals surface area contributed by atoms with Crippen LogP contribution in [0, 0.1) is 13.8 Å². The van der Waals surface area contributed by atoms with E-state index in [4.69, 9.17) is 0 Å². The third-order valence-electron chi connectivity index (χ3n) is 2.50. The maximum absolute atomic E-state index is 4.35. The first-order valence-electron chi connectivity index (χ1n) is 5.46. The van der Waals surface area contributed by atoms with Crippen LogP contribution in [0.5, 0.6) is 0 Å². The van der Waals surface area contributed by atoms with Gasteiger partial charge in [0.15, 0.2) is 0 Å². The zero-order chi connectivity index (χ0) is 11.4. The van der Waals surface area contributed by atoms with Gasteiger partial charge >= 0.3 is 0 Å². The van der Waals surface area contributed by atoms with Crippen LogP contribution in [0.3, 0.4) is 0 Å². The van der Waals surface area contributed by atoms with Crippen LogP contribution in [0.25, 0.3) is 0 Å². The Kier molecular flexibility index (Phi) is 3.20. The van der Waals surface area contributed by atoms with Crippen molar-refractivity contribution in [2.24, 2.45) is 0 Å². The summed E-state index contributed by atoms with van der Waals surface area (Å²) in [6, 6.07) is 12.5. The maximum atomic E-state index is 4.35. The fraction of sp³-hybridized carbons (Fsp3) is 0.214. The first kappa shape index (κ1) is 10.7. The Morgan fingerprint density at radius 2 is 1.62 bits per heavy atom. The summed E-state index contributed by atoms with van der Waals surface area (Å²) in [6.07, 6.45) is 1.89. The smallest absolute Gasteiger partial charge is 0.0594 e. The van der Waals surface area contributed by atoms with Gasteiger partial charge in [-0.2, -0.15) is 0 Å². The molecular weight excluding hydrogens is 196 g/mol. The van der Waals surface area contributed by atoms with Crippen LogP contribution in [0.1, 0.15) is 16.8 Å². The fourth-order valence-corrected chi connectivity index (χ4v) is 1.47. The summed E-state index contributed by atoms with van der Waals surface area (Å²) >= 11 is 0. The van der Waals surface area contributed by atoms with Crippen LogP contribution in [0.4, 0.5) is 5.69 Å². The van der Waals surface area contributed by atoms with Crippen LogP contribution < -0.4 is 5.32 Å². The summed E-state index contributed by atoms with van der Waals surface area (Å²) in [4.78, 5) is 4.35. The molecule has 2 rings (SSSR count). The molecule has 1 aromatic carbocycles. The number of rotatable bonds is 3. The summed E-state index contributed by atoms with van der Waals surface area (Å²) in [5.74, 6) is 0. The van der Waals surface area contributed by atoms with Gasteiger partial charge in [0.1, 0.15) is 0 Å². The van der Waals surface area contributed by atoms with Crippen molar-refractivity contribution in [3.63, 3.8) is 0 Å². The molecule has 0 saturated carbocycles. The Hall–Kier alpha value is -1.83. The Bertz CT molecular complexity index is 398. The van der Waals surface area contributed by atoms with Gasteiger partial charge in [0, 0.05) is 11.9 Å². The molecule has 0 bridgehead atoms. The molecule has 1 N–H and O–H groups in total. The molecule has 2 nitrogen and oxygen atoms in total. The van der Waals surface area contributed by atoms with E-state index in [1.165, 1.54) is 11.1 Å². The van der Waals surface area contributed by atoms with Gasteiger partial charge in [-0.3, -0.25) is 4.98 Å². The monoisotopic (exact) mass is 212 g/mol. The van der Waals surface area contributed by atoms with E-state index >= 15 is 0 Å². The lowest BCUT2D eigenvalue weighted by molar-refractivity contribution is 1.04. The second-order valence-electron chi connectivity index (χ2n) is 4.05. The van der Waals surface area contributed by atoms with Crippen molar-refractivity contribution >= 4 is 5.69 Å². The minimum atomic E-state index is 0.767. The number of aryl methyl sites for hydroxylation is 2. The lowest BCUT2D eigenvalue weighted by Crippen LogP contribution is -2.01. The topological polar surface area (TPSA) is 24.9 Å². The predicted octanol–water partition coefficient (Wildman–Crippen LogP) is 3.31. The highest BCUT2D eigenvalue weighted by Gasteiger charge is 1.94. The van der Waals surface area contributed by atoms with Crippen molar-refractivity contribution < 1.29 is 0 Å². The van der Waals surface area contributed by atoms with E-state index in [9.17, 15) is 0 Å². The Labute approximate surface area is 96.4 Å². The lowest BCUT2D eigenvalue weighted by Gasteiger charge is -2.06. The first-order valence-corrected chi connectivity index (χ1v) is 5.46. The molecule has 0 aliphatic rings. The van der Waals surface area contributed by atoms with Crippen molar-refractivity contribution in [3.05, 3.63) is 59.4 Å². The Morgan fingerprint density at radius 1 is 0.938 bits per heavy atom. The lowest BCUT2D eigenvalue weighted by atomic mass is 10.2. The molecule has 2 heteroatoms. The van der Waals surface area contributed by atoms with E-state index in [2.05, 4.69) is 53.6 Å². The highest BCUT2D eigenvalue weighted by molar-refractivity contribution is 5.44. The van der Waals surface area contributed by atoms with E-state index in [0.29, 0.717) is 0 Å². The molecular formula is C14H16N2. The quantitative estimate of drug-likeness (QED) is 0.844. The molecule has 0 unspecified atom stereocenters. The number of pyridine rings is 1. The van der Waals surface area contributed by atoms with Crippen molar-refractivity contribution in [2.75, 3.05) is 5.32 Å². The summed E-state index contributed by atoms with van der Waals surface area (Å²) in [5, 5.41) is 3.35. The maximum Gasteiger partial charge on any atom is 0.0594 e. The van der Waals surface area contributed by atoms with Crippen molar-refractivity contribution in [1.29, 1.82) is 0 Å². The summed E-state index contributed by atoms with van der Waals surface area (Å²) in [6.45, 7) is 4.90.